The molecule has 314 valence electrons. The van der Waals surface area contributed by atoms with Gasteiger partial charge in [0.1, 0.15) is 11.6 Å². The number of benzene rings is 2. The third kappa shape index (κ3) is 11.6. The number of hydrogen-bond acceptors (Lipinski definition) is 5. The smallest absolute Gasteiger partial charge is 0.317 e. The molecule has 1 aliphatic heterocycles. The van der Waals surface area contributed by atoms with Gasteiger partial charge in [0.25, 0.3) is 0 Å². The molecule has 12 heteroatoms. The van der Waals surface area contributed by atoms with Gasteiger partial charge in [-0.2, -0.15) is 0 Å². The SMILES string of the molecule is CCCC(=O)N[C@](CCCCOC)(c1cccc(Cl)c1F)[C@@]1([C@@H](CCCCOC)c2cccc(Cl)c2F)CCCN(C(=O)N[C@H](CNC)CC2CCCCC2)C1. The molecule has 1 aliphatic carbocycles. The maximum Gasteiger partial charge on any atom is 0.317 e. The summed E-state index contributed by atoms with van der Waals surface area (Å²) >= 11 is 13.2. The quantitative estimate of drug-likeness (QED) is 0.103. The Bertz CT molecular complexity index is 1530. The monoisotopic (exact) mass is 822 g/mol. The van der Waals surface area contributed by atoms with Crippen molar-refractivity contribution in [3.63, 3.8) is 0 Å². The number of nitrogens with zero attached hydrogens (tertiary/aromatic N) is 1. The number of carbonyl (C=O) groups excluding carboxylic acids is 2. The number of amides is 3. The fourth-order valence-electron chi connectivity index (χ4n) is 9.74. The average molecular weight is 824 g/mol. The first-order valence-corrected chi connectivity index (χ1v) is 21.7. The second-order valence-corrected chi connectivity index (χ2v) is 16.9. The lowest BCUT2D eigenvalue weighted by molar-refractivity contribution is -0.128. The average Bonchev–Trinajstić information content (AvgIpc) is 3.19. The van der Waals surface area contributed by atoms with Gasteiger partial charge in [0, 0.05) is 70.5 Å². The van der Waals surface area contributed by atoms with Crippen LogP contribution in [-0.2, 0) is 19.8 Å². The number of hydrogen-bond donors (Lipinski definition) is 3. The zero-order chi connectivity index (χ0) is 40.6. The van der Waals surface area contributed by atoms with Crippen LogP contribution in [0.25, 0.3) is 0 Å². The van der Waals surface area contributed by atoms with Crippen LogP contribution in [0.4, 0.5) is 13.6 Å². The lowest BCUT2D eigenvalue weighted by Gasteiger charge is -2.59. The highest BCUT2D eigenvalue weighted by Crippen LogP contribution is 2.59. The van der Waals surface area contributed by atoms with E-state index in [-0.39, 0.29) is 46.6 Å². The molecule has 0 spiro atoms. The van der Waals surface area contributed by atoms with Crippen molar-refractivity contribution >= 4 is 35.1 Å². The van der Waals surface area contributed by atoms with Crippen molar-refractivity contribution in [1.82, 2.24) is 20.9 Å². The van der Waals surface area contributed by atoms with Crippen molar-refractivity contribution < 1.29 is 27.8 Å². The van der Waals surface area contributed by atoms with Gasteiger partial charge in [-0.05, 0) is 94.4 Å². The number of methoxy groups -OCH3 is 2. The number of urea groups is 1. The Labute approximate surface area is 344 Å². The summed E-state index contributed by atoms with van der Waals surface area (Å²) in [5, 5.41) is 10.0. The van der Waals surface area contributed by atoms with E-state index >= 15 is 8.78 Å². The van der Waals surface area contributed by atoms with Crippen LogP contribution in [0.2, 0.25) is 10.0 Å². The van der Waals surface area contributed by atoms with Gasteiger partial charge in [-0.3, -0.25) is 4.79 Å². The number of piperidine rings is 1. The molecule has 2 aromatic carbocycles. The largest absolute Gasteiger partial charge is 0.385 e. The highest BCUT2D eigenvalue weighted by atomic mass is 35.5. The van der Waals surface area contributed by atoms with Crippen LogP contribution >= 0.6 is 23.2 Å². The van der Waals surface area contributed by atoms with E-state index in [1.54, 1.807) is 38.5 Å². The molecule has 0 unspecified atom stereocenters. The van der Waals surface area contributed by atoms with Gasteiger partial charge in [-0.15, -0.1) is 0 Å². The van der Waals surface area contributed by atoms with Crippen LogP contribution in [0.3, 0.4) is 0 Å². The van der Waals surface area contributed by atoms with E-state index in [1.807, 2.05) is 18.9 Å². The molecule has 3 N–H and O–H groups in total. The molecule has 2 aliphatic rings. The Morgan fingerprint density at radius 2 is 1.62 bits per heavy atom. The van der Waals surface area contributed by atoms with Crippen molar-refractivity contribution in [2.24, 2.45) is 11.3 Å². The lowest BCUT2D eigenvalue weighted by Crippen LogP contribution is -2.66. The molecule has 0 aromatic heterocycles. The topological polar surface area (TPSA) is 91.9 Å². The zero-order valence-corrected chi connectivity index (χ0v) is 35.6. The number of nitrogens with one attached hydrogen (secondary N) is 3. The Kier molecular flexibility index (Phi) is 19.1. The van der Waals surface area contributed by atoms with Crippen LogP contribution in [0.5, 0.6) is 0 Å². The molecule has 4 rings (SSSR count). The summed E-state index contributed by atoms with van der Waals surface area (Å²) in [5.74, 6) is -1.49. The molecule has 8 nitrogen and oxygen atoms in total. The van der Waals surface area contributed by atoms with Gasteiger partial charge < -0.3 is 30.3 Å². The van der Waals surface area contributed by atoms with Gasteiger partial charge in [0.2, 0.25) is 5.91 Å². The van der Waals surface area contributed by atoms with E-state index in [9.17, 15) is 9.59 Å². The van der Waals surface area contributed by atoms with Crippen molar-refractivity contribution in [3.8, 4) is 0 Å². The highest BCUT2D eigenvalue weighted by molar-refractivity contribution is 6.31. The number of likely N-dealkylation sites (N-methyl/N-ethyl adjacent to an activating group) is 1. The molecule has 3 amide bonds. The summed E-state index contributed by atoms with van der Waals surface area (Å²) < 4.78 is 44.6. The maximum absolute atomic E-state index is 17.0. The lowest BCUT2D eigenvalue weighted by atomic mass is 9.52. The van der Waals surface area contributed by atoms with Gasteiger partial charge >= 0.3 is 6.03 Å². The van der Waals surface area contributed by atoms with Crippen molar-refractivity contribution in [3.05, 3.63) is 69.2 Å². The van der Waals surface area contributed by atoms with Gasteiger partial charge in [0.05, 0.1) is 15.6 Å². The number of rotatable bonds is 22. The van der Waals surface area contributed by atoms with E-state index in [0.29, 0.717) is 95.6 Å². The second-order valence-electron chi connectivity index (χ2n) is 16.1. The van der Waals surface area contributed by atoms with Gasteiger partial charge in [0.15, 0.2) is 0 Å². The van der Waals surface area contributed by atoms with Crippen LogP contribution in [0.15, 0.2) is 36.4 Å². The fraction of sp³-hybridized carbons (Fsp3) is 0.682. The van der Waals surface area contributed by atoms with Crippen LogP contribution in [0.1, 0.15) is 127 Å². The highest BCUT2D eigenvalue weighted by Gasteiger charge is 2.60. The van der Waals surface area contributed by atoms with Crippen LogP contribution in [-0.4, -0.2) is 77.0 Å². The molecular formula is C44H66Cl2F2N4O4. The number of likely N-dealkylation sites (tertiary alicyclic amines) is 1. The first kappa shape index (κ1) is 46.2. The minimum absolute atomic E-state index is 0.0165. The summed E-state index contributed by atoms with van der Waals surface area (Å²) in [5.41, 5.74) is -1.92. The Morgan fingerprint density at radius 1 is 0.946 bits per heavy atom. The Hall–Kier alpha value is -2.50. The predicted octanol–water partition coefficient (Wildman–Crippen LogP) is 10.2. The zero-order valence-electron chi connectivity index (χ0n) is 34.1. The summed E-state index contributed by atoms with van der Waals surface area (Å²) in [6.45, 7) is 4.13. The molecule has 56 heavy (non-hydrogen) atoms. The van der Waals surface area contributed by atoms with E-state index in [1.165, 1.54) is 31.4 Å². The van der Waals surface area contributed by atoms with Crippen molar-refractivity contribution in [2.75, 3.05) is 54.1 Å². The molecule has 4 atom stereocenters. The summed E-state index contributed by atoms with van der Waals surface area (Å²) in [6, 6.07) is 9.64. The molecule has 1 saturated carbocycles. The number of halogens is 4. The summed E-state index contributed by atoms with van der Waals surface area (Å²) in [4.78, 5) is 30.7. The van der Waals surface area contributed by atoms with Crippen molar-refractivity contribution in [1.29, 1.82) is 0 Å². The Balaban J connectivity index is 1.98. The van der Waals surface area contributed by atoms with Gasteiger partial charge in [-0.1, -0.05) is 92.9 Å². The van der Waals surface area contributed by atoms with Crippen molar-refractivity contribution in [2.45, 2.75) is 127 Å². The predicted molar refractivity (Wildman–Crippen MR) is 222 cm³/mol. The molecule has 2 aromatic rings. The second kappa shape index (κ2) is 23.2. The minimum Gasteiger partial charge on any atom is -0.385 e. The maximum atomic E-state index is 17.0. The van der Waals surface area contributed by atoms with Gasteiger partial charge in [-0.25, -0.2) is 13.6 Å². The molecule has 0 bridgehead atoms. The third-order valence-electron chi connectivity index (χ3n) is 12.3. The van der Waals surface area contributed by atoms with E-state index in [4.69, 9.17) is 32.7 Å². The first-order valence-electron chi connectivity index (χ1n) is 20.9. The molecule has 0 radical (unpaired) electrons. The van der Waals surface area contributed by atoms with E-state index < -0.39 is 28.5 Å². The first-order chi connectivity index (χ1) is 27.1. The summed E-state index contributed by atoms with van der Waals surface area (Å²) in [6.07, 6.45) is 12.0. The number of carbonyl (C=O) groups is 2. The Morgan fingerprint density at radius 3 is 2.30 bits per heavy atom. The summed E-state index contributed by atoms with van der Waals surface area (Å²) in [7, 11) is 5.19. The van der Waals surface area contributed by atoms with Crippen LogP contribution < -0.4 is 16.0 Å². The third-order valence-corrected chi connectivity index (χ3v) is 12.9. The molecule has 2 fully saturated rings. The minimum atomic E-state index is -1.42. The van der Waals surface area contributed by atoms with Crippen LogP contribution in [0, 0.1) is 23.0 Å². The van der Waals surface area contributed by atoms with E-state index in [0.717, 1.165) is 19.3 Å². The number of unbranched alkanes of at least 4 members (excludes halogenated alkanes) is 2. The molecule has 1 heterocycles. The number of ether oxygens (including phenoxy) is 2. The molecular weight excluding hydrogens is 757 g/mol. The van der Waals surface area contributed by atoms with E-state index in [2.05, 4.69) is 16.0 Å². The normalized spacial score (nSPS) is 20.0. The molecule has 1 saturated heterocycles. The fourth-order valence-corrected chi connectivity index (χ4v) is 10.1. The standard InChI is InChI=1S/C44H66Cl2F2N4O4/c1-5-16-39(53)51-44(25-10-12-28-56-4,36-21-14-23-38(46)41(36)48)43(35(20-9-11-27-55-3)34-19-13-22-37(45)40(34)47)24-15-26-52(31-43)42(54)50-33(30-49-2)29-32-17-7-6-8-18-32/h13-14,19,21-23,32-33,35,49H,5-12,15-18,20,24-31H2,1-4H3,(H,50,54)(H,51,53)/t33-,35-,43-,44+/m0/s1.